The summed E-state index contributed by atoms with van der Waals surface area (Å²) < 4.78 is 55.6. The van der Waals surface area contributed by atoms with E-state index in [1.54, 1.807) is 40.7 Å². The maximum Gasteiger partial charge on any atom is 0.326 e. The summed E-state index contributed by atoms with van der Waals surface area (Å²) >= 11 is 0. The average Bonchev–Trinajstić information content (AvgIpc) is 3.14. The second-order valence-electron chi connectivity index (χ2n) is 8.89. The maximum absolute atomic E-state index is 13.5. The van der Waals surface area contributed by atoms with Crippen LogP contribution in [0, 0.1) is 0 Å². The van der Waals surface area contributed by atoms with Crippen LogP contribution in [0.5, 0.6) is 5.75 Å². The normalized spacial score (nSPS) is 19.6. The fourth-order valence-corrected chi connectivity index (χ4v) is 7.57. The molecule has 0 saturated carbocycles. The summed E-state index contributed by atoms with van der Waals surface area (Å²) in [6, 6.07) is 20.5. The lowest BCUT2D eigenvalue weighted by atomic mass is 9.92. The molecule has 36 heavy (non-hydrogen) atoms. The van der Waals surface area contributed by atoms with Crippen molar-refractivity contribution in [3.63, 3.8) is 0 Å². The standard InChI is InChI=1S/C25H25N3O6S2/c29-24-14-18(11-13-23(24)28-17-25(30)26-36(28,33)34)10-12-21-15-19-6-4-5-7-20(19)16-27(21)35(31,32)22-8-2-1-3-9-22/h1-9,11,13-14,21,29H,10,12,15-17H2,(H,26,30)/t21-/m1/s1. The van der Waals surface area contributed by atoms with Gasteiger partial charge in [0.05, 0.1) is 10.6 Å². The van der Waals surface area contributed by atoms with E-state index in [9.17, 15) is 26.7 Å². The van der Waals surface area contributed by atoms with E-state index in [0.717, 1.165) is 21.0 Å². The number of carbonyl (C=O) groups excluding carboxylic acids is 1. The summed E-state index contributed by atoms with van der Waals surface area (Å²) in [5.74, 6) is -0.939. The zero-order chi connectivity index (χ0) is 25.5. The topological polar surface area (TPSA) is 124 Å². The molecule has 0 bridgehead atoms. The van der Waals surface area contributed by atoms with Gasteiger partial charge in [0, 0.05) is 12.6 Å². The van der Waals surface area contributed by atoms with Gasteiger partial charge in [0.15, 0.2) is 0 Å². The average molecular weight is 528 g/mol. The van der Waals surface area contributed by atoms with Crippen molar-refractivity contribution in [1.82, 2.24) is 9.03 Å². The molecule has 9 nitrogen and oxygen atoms in total. The van der Waals surface area contributed by atoms with Gasteiger partial charge >= 0.3 is 10.2 Å². The highest BCUT2D eigenvalue weighted by Crippen LogP contribution is 2.34. The summed E-state index contributed by atoms with van der Waals surface area (Å²) in [6.07, 6.45) is 1.53. The maximum atomic E-state index is 13.5. The third kappa shape index (κ3) is 4.57. The highest BCUT2D eigenvalue weighted by Gasteiger charge is 2.37. The first-order valence-electron chi connectivity index (χ1n) is 11.4. The van der Waals surface area contributed by atoms with E-state index in [4.69, 9.17) is 0 Å². The Balaban J connectivity index is 1.39. The lowest BCUT2D eigenvalue weighted by Gasteiger charge is -2.36. The van der Waals surface area contributed by atoms with Gasteiger partial charge in [0.1, 0.15) is 12.3 Å². The molecule has 2 aliphatic rings. The van der Waals surface area contributed by atoms with Crippen molar-refractivity contribution in [1.29, 1.82) is 0 Å². The number of hydrogen-bond donors (Lipinski definition) is 2. The first kappa shape index (κ1) is 24.3. The Morgan fingerprint density at radius 2 is 1.64 bits per heavy atom. The Kier molecular flexibility index (Phi) is 6.23. The number of anilines is 1. The van der Waals surface area contributed by atoms with Crippen LogP contribution in [0.2, 0.25) is 0 Å². The number of phenols is 1. The molecule has 5 rings (SSSR count). The summed E-state index contributed by atoms with van der Waals surface area (Å²) in [5.41, 5.74) is 2.82. The molecule has 0 spiro atoms. The van der Waals surface area contributed by atoms with E-state index in [1.807, 2.05) is 29.0 Å². The van der Waals surface area contributed by atoms with Crippen molar-refractivity contribution >= 4 is 31.8 Å². The molecule has 1 amide bonds. The van der Waals surface area contributed by atoms with Gasteiger partial charge in [-0.3, -0.25) is 4.79 Å². The monoisotopic (exact) mass is 527 g/mol. The lowest BCUT2D eigenvalue weighted by molar-refractivity contribution is -0.117. The third-order valence-corrected chi connectivity index (χ3v) is 9.86. The van der Waals surface area contributed by atoms with Gasteiger partial charge < -0.3 is 5.11 Å². The molecule has 0 aliphatic carbocycles. The van der Waals surface area contributed by atoms with E-state index >= 15 is 0 Å². The SMILES string of the molecule is O=C1CN(c2ccc(CC[C@@H]3Cc4ccccc4CN3S(=O)(=O)c3ccccc3)cc2O)S(=O)(=O)N1. The summed E-state index contributed by atoms with van der Waals surface area (Å²) in [4.78, 5) is 11.8. The highest BCUT2D eigenvalue weighted by molar-refractivity contribution is 7.92. The van der Waals surface area contributed by atoms with Gasteiger partial charge in [-0.05, 0) is 60.2 Å². The number of nitrogens with zero attached hydrogens (tertiary/aromatic N) is 2. The van der Waals surface area contributed by atoms with Gasteiger partial charge in [-0.2, -0.15) is 12.7 Å². The Hall–Kier alpha value is -3.41. The fourth-order valence-electron chi connectivity index (χ4n) is 4.75. The molecule has 0 radical (unpaired) electrons. The number of sulfonamides is 1. The Morgan fingerprint density at radius 1 is 0.944 bits per heavy atom. The van der Waals surface area contributed by atoms with E-state index in [1.165, 1.54) is 12.1 Å². The molecule has 2 N–H and O–H groups in total. The van der Waals surface area contributed by atoms with Crippen molar-refractivity contribution in [3.8, 4) is 5.75 Å². The third-order valence-electron chi connectivity index (χ3n) is 6.55. The van der Waals surface area contributed by atoms with Crippen LogP contribution in [0.3, 0.4) is 0 Å². The lowest BCUT2D eigenvalue weighted by Crippen LogP contribution is -2.44. The number of benzene rings is 3. The molecule has 2 aliphatic heterocycles. The number of phenolic OH excluding ortho intramolecular Hbond substituents is 1. The van der Waals surface area contributed by atoms with Crippen molar-refractivity contribution in [2.75, 3.05) is 10.8 Å². The molecule has 188 valence electrons. The first-order chi connectivity index (χ1) is 17.1. The fraction of sp³-hybridized carbons (Fsp3) is 0.240. The van der Waals surface area contributed by atoms with Gasteiger partial charge in [-0.1, -0.05) is 48.5 Å². The van der Waals surface area contributed by atoms with Crippen LogP contribution in [-0.4, -0.2) is 44.7 Å². The summed E-state index contributed by atoms with van der Waals surface area (Å²) in [5, 5.41) is 10.5. The first-order valence-corrected chi connectivity index (χ1v) is 14.3. The molecule has 3 aromatic rings. The molecule has 3 aromatic carbocycles. The molecule has 1 atom stereocenters. The summed E-state index contributed by atoms with van der Waals surface area (Å²) in [7, 11) is -7.76. The molecule has 1 saturated heterocycles. The molecule has 11 heteroatoms. The number of rotatable bonds is 6. The van der Waals surface area contributed by atoms with E-state index < -0.39 is 32.7 Å². The van der Waals surface area contributed by atoms with E-state index in [0.29, 0.717) is 19.3 Å². The smallest absolute Gasteiger partial charge is 0.326 e. The van der Waals surface area contributed by atoms with Crippen LogP contribution in [0.1, 0.15) is 23.1 Å². The van der Waals surface area contributed by atoms with Crippen molar-refractivity contribution in [2.24, 2.45) is 0 Å². The molecular formula is C25H25N3O6S2. The highest BCUT2D eigenvalue weighted by atomic mass is 32.2. The van der Waals surface area contributed by atoms with Crippen molar-refractivity contribution < 1.29 is 26.7 Å². The molecule has 0 unspecified atom stereocenters. The molecule has 2 heterocycles. The van der Waals surface area contributed by atoms with Crippen LogP contribution in [0.15, 0.2) is 77.7 Å². The Morgan fingerprint density at radius 3 is 2.31 bits per heavy atom. The van der Waals surface area contributed by atoms with Crippen LogP contribution in [0.25, 0.3) is 0 Å². The van der Waals surface area contributed by atoms with E-state index in [2.05, 4.69) is 0 Å². The van der Waals surface area contributed by atoms with Crippen molar-refractivity contribution in [3.05, 3.63) is 89.5 Å². The van der Waals surface area contributed by atoms with Gasteiger partial charge in [-0.25, -0.2) is 17.4 Å². The predicted molar refractivity (Wildman–Crippen MR) is 134 cm³/mol. The quantitative estimate of drug-likeness (QED) is 0.507. The van der Waals surface area contributed by atoms with Crippen molar-refractivity contribution in [2.45, 2.75) is 36.7 Å². The number of hydrogen-bond acceptors (Lipinski definition) is 6. The van der Waals surface area contributed by atoms with Gasteiger partial charge in [-0.15, -0.1) is 0 Å². The number of fused-ring (bicyclic) bond motifs is 1. The molecule has 1 fully saturated rings. The minimum Gasteiger partial charge on any atom is -0.506 e. The van der Waals surface area contributed by atoms with Crippen LogP contribution in [0.4, 0.5) is 5.69 Å². The van der Waals surface area contributed by atoms with Gasteiger partial charge in [0.2, 0.25) is 10.0 Å². The molecule has 0 aromatic heterocycles. The Bertz CT molecular complexity index is 1520. The second kappa shape index (κ2) is 9.23. The minimum atomic E-state index is -4.03. The largest absolute Gasteiger partial charge is 0.506 e. The molecular weight excluding hydrogens is 502 g/mol. The zero-order valence-electron chi connectivity index (χ0n) is 19.2. The van der Waals surface area contributed by atoms with Crippen LogP contribution < -0.4 is 9.03 Å². The number of aryl methyl sites for hydroxylation is 1. The minimum absolute atomic E-state index is 0.0111. The number of amides is 1. The van der Waals surface area contributed by atoms with Crippen LogP contribution >= 0.6 is 0 Å². The second-order valence-corrected chi connectivity index (χ2v) is 12.4. The number of nitrogens with one attached hydrogen (secondary N) is 1. The zero-order valence-corrected chi connectivity index (χ0v) is 20.9. The van der Waals surface area contributed by atoms with Crippen LogP contribution in [-0.2, 0) is 44.4 Å². The Labute approximate surface area is 210 Å². The van der Waals surface area contributed by atoms with Gasteiger partial charge in [0.25, 0.3) is 5.91 Å². The number of aromatic hydroxyl groups is 1. The number of carbonyl (C=O) groups is 1. The summed E-state index contributed by atoms with van der Waals surface area (Å²) in [6.45, 7) is -0.126. The van der Waals surface area contributed by atoms with E-state index in [-0.39, 0.29) is 28.9 Å². The predicted octanol–water partition coefficient (Wildman–Crippen LogP) is 2.32.